The van der Waals surface area contributed by atoms with E-state index >= 15 is 0 Å². The number of nitrogens with zero attached hydrogens (tertiary/aromatic N) is 1. The van der Waals surface area contributed by atoms with Crippen LogP contribution in [0.5, 0.6) is 0 Å². The van der Waals surface area contributed by atoms with Crippen molar-refractivity contribution in [1.82, 2.24) is 4.90 Å². The Bertz CT molecular complexity index is 231. The SMILES string of the molecule is CC1CCC2(CCN(C(=O)O)CC2)C1. The number of likely N-dealkylation sites (tertiary alicyclic amines) is 1. The standard InChI is InChI=1S/C11H19NO2/c1-9-2-3-11(8-9)4-6-12(7-5-11)10(13)14/h9H,2-8H2,1H3,(H,13,14). The Morgan fingerprint density at radius 2 is 2.00 bits per heavy atom. The van der Waals surface area contributed by atoms with Crippen molar-refractivity contribution >= 4 is 6.09 Å². The number of rotatable bonds is 0. The van der Waals surface area contributed by atoms with Crippen LogP contribution in [0.3, 0.4) is 0 Å². The second-order valence-corrected chi connectivity index (χ2v) is 5.12. The lowest BCUT2D eigenvalue weighted by Crippen LogP contribution is -2.41. The maximum Gasteiger partial charge on any atom is 0.407 e. The number of carbonyl (C=O) groups is 1. The molecule has 3 nitrogen and oxygen atoms in total. The molecule has 1 aliphatic carbocycles. The summed E-state index contributed by atoms with van der Waals surface area (Å²) in [6.07, 6.45) is 5.41. The van der Waals surface area contributed by atoms with Gasteiger partial charge in [0, 0.05) is 13.1 Å². The summed E-state index contributed by atoms with van der Waals surface area (Å²) in [5, 5.41) is 8.85. The van der Waals surface area contributed by atoms with Gasteiger partial charge >= 0.3 is 6.09 Å². The first kappa shape index (κ1) is 9.81. The summed E-state index contributed by atoms with van der Waals surface area (Å²) in [5.41, 5.74) is 0.505. The van der Waals surface area contributed by atoms with Crippen LogP contribution in [-0.4, -0.2) is 29.2 Å². The Balaban J connectivity index is 1.92. The van der Waals surface area contributed by atoms with Crippen LogP contribution < -0.4 is 0 Å². The summed E-state index contributed by atoms with van der Waals surface area (Å²) < 4.78 is 0. The average Bonchev–Trinajstić information content (AvgIpc) is 2.48. The first-order valence-corrected chi connectivity index (χ1v) is 5.59. The van der Waals surface area contributed by atoms with E-state index in [2.05, 4.69) is 6.92 Å². The highest BCUT2D eigenvalue weighted by Crippen LogP contribution is 2.48. The molecule has 1 saturated heterocycles. The van der Waals surface area contributed by atoms with Crippen molar-refractivity contribution in [3.05, 3.63) is 0 Å². The molecule has 1 spiro atoms. The highest BCUT2D eigenvalue weighted by molar-refractivity contribution is 5.65. The third kappa shape index (κ3) is 1.72. The first-order chi connectivity index (χ1) is 6.61. The molecule has 1 saturated carbocycles. The Kier molecular flexibility index (Phi) is 2.41. The molecule has 0 aromatic rings. The third-order valence-electron chi connectivity index (χ3n) is 4.04. The van der Waals surface area contributed by atoms with Gasteiger partial charge in [0.25, 0.3) is 0 Å². The Morgan fingerprint density at radius 3 is 2.43 bits per heavy atom. The molecule has 1 atom stereocenters. The number of piperidine rings is 1. The molecule has 2 aliphatic rings. The molecule has 0 bridgehead atoms. The van der Waals surface area contributed by atoms with Crippen LogP contribution in [-0.2, 0) is 0 Å². The van der Waals surface area contributed by atoms with Crippen LogP contribution in [0.15, 0.2) is 0 Å². The second-order valence-electron chi connectivity index (χ2n) is 5.12. The molecule has 0 radical (unpaired) electrons. The van der Waals surface area contributed by atoms with Crippen LogP contribution in [0, 0.1) is 11.3 Å². The van der Waals surface area contributed by atoms with E-state index in [9.17, 15) is 4.79 Å². The number of carboxylic acid groups (broad SMARTS) is 1. The van der Waals surface area contributed by atoms with Gasteiger partial charge in [-0.15, -0.1) is 0 Å². The van der Waals surface area contributed by atoms with Gasteiger partial charge in [0.1, 0.15) is 0 Å². The van der Waals surface area contributed by atoms with Gasteiger partial charge in [-0.25, -0.2) is 4.79 Å². The van der Waals surface area contributed by atoms with E-state index < -0.39 is 6.09 Å². The molecule has 80 valence electrons. The van der Waals surface area contributed by atoms with Gasteiger partial charge in [-0.05, 0) is 37.0 Å². The van der Waals surface area contributed by atoms with Gasteiger partial charge in [-0.3, -0.25) is 0 Å². The van der Waals surface area contributed by atoms with E-state index in [0.29, 0.717) is 5.41 Å². The number of amides is 1. The first-order valence-electron chi connectivity index (χ1n) is 5.59. The zero-order chi connectivity index (χ0) is 10.2. The van der Waals surface area contributed by atoms with E-state index in [1.807, 2.05) is 0 Å². The van der Waals surface area contributed by atoms with Gasteiger partial charge in [0.2, 0.25) is 0 Å². The summed E-state index contributed by atoms with van der Waals surface area (Å²) in [6.45, 7) is 3.82. The van der Waals surface area contributed by atoms with E-state index in [-0.39, 0.29) is 0 Å². The summed E-state index contributed by atoms with van der Waals surface area (Å²) in [4.78, 5) is 12.3. The predicted octanol–water partition coefficient (Wildman–Crippen LogP) is 2.57. The van der Waals surface area contributed by atoms with Gasteiger partial charge in [-0.1, -0.05) is 13.3 Å². The van der Waals surface area contributed by atoms with E-state index in [1.54, 1.807) is 4.90 Å². The molecule has 1 unspecified atom stereocenters. The molecule has 3 heteroatoms. The molecular formula is C11H19NO2. The minimum atomic E-state index is -0.745. The van der Waals surface area contributed by atoms with E-state index in [0.717, 1.165) is 31.8 Å². The number of hydrogen-bond donors (Lipinski definition) is 1. The Morgan fingerprint density at radius 1 is 1.36 bits per heavy atom. The maximum absolute atomic E-state index is 10.7. The quantitative estimate of drug-likeness (QED) is 0.648. The fourth-order valence-corrected chi connectivity index (χ4v) is 3.12. The largest absolute Gasteiger partial charge is 0.465 e. The summed E-state index contributed by atoms with van der Waals surface area (Å²) >= 11 is 0. The zero-order valence-corrected chi connectivity index (χ0v) is 8.83. The van der Waals surface area contributed by atoms with Crippen molar-refractivity contribution < 1.29 is 9.90 Å². The number of hydrogen-bond acceptors (Lipinski definition) is 1. The molecule has 14 heavy (non-hydrogen) atoms. The lowest BCUT2D eigenvalue weighted by atomic mass is 9.76. The summed E-state index contributed by atoms with van der Waals surface area (Å²) in [7, 11) is 0. The molecular weight excluding hydrogens is 178 g/mol. The van der Waals surface area contributed by atoms with Gasteiger partial charge in [0.15, 0.2) is 0 Å². The van der Waals surface area contributed by atoms with Crippen molar-refractivity contribution in [1.29, 1.82) is 0 Å². The van der Waals surface area contributed by atoms with Crippen LogP contribution >= 0.6 is 0 Å². The maximum atomic E-state index is 10.7. The Labute approximate surface area is 85.1 Å². The highest BCUT2D eigenvalue weighted by Gasteiger charge is 2.40. The third-order valence-corrected chi connectivity index (χ3v) is 4.04. The molecule has 1 amide bonds. The van der Waals surface area contributed by atoms with E-state index in [4.69, 9.17) is 5.11 Å². The van der Waals surface area contributed by atoms with Crippen molar-refractivity contribution in [2.45, 2.75) is 39.0 Å². The van der Waals surface area contributed by atoms with Crippen LogP contribution in [0.4, 0.5) is 4.79 Å². The normalized spacial score (nSPS) is 30.9. The molecule has 0 aromatic heterocycles. The van der Waals surface area contributed by atoms with E-state index in [1.165, 1.54) is 19.3 Å². The molecule has 0 aromatic carbocycles. The molecule has 1 aliphatic heterocycles. The lowest BCUT2D eigenvalue weighted by Gasteiger charge is -2.38. The molecule has 2 fully saturated rings. The fourth-order valence-electron chi connectivity index (χ4n) is 3.12. The van der Waals surface area contributed by atoms with Crippen molar-refractivity contribution in [3.63, 3.8) is 0 Å². The summed E-state index contributed by atoms with van der Waals surface area (Å²) in [6, 6.07) is 0. The highest BCUT2D eigenvalue weighted by atomic mass is 16.4. The van der Waals surface area contributed by atoms with Crippen molar-refractivity contribution in [2.75, 3.05) is 13.1 Å². The monoisotopic (exact) mass is 197 g/mol. The van der Waals surface area contributed by atoms with Crippen LogP contribution in [0.2, 0.25) is 0 Å². The zero-order valence-electron chi connectivity index (χ0n) is 8.83. The molecule has 1 N–H and O–H groups in total. The van der Waals surface area contributed by atoms with Gasteiger partial charge < -0.3 is 10.0 Å². The molecule has 2 rings (SSSR count). The summed E-state index contributed by atoms with van der Waals surface area (Å²) in [5.74, 6) is 0.853. The lowest BCUT2D eigenvalue weighted by molar-refractivity contribution is 0.0904. The molecule has 1 heterocycles. The van der Waals surface area contributed by atoms with Crippen molar-refractivity contribution in [3.8, 4) is 0 Å². The smallest absolute Gasteiger partial charge is 0.407 e. The van der Waals surface area contributed by atoms with Crippen molar-refractivity contribution in [2.24, 2.45) is 11.3 Å². The predicted molar refractivity (Wildman–Crippen MR) is 54.3 cm³/mol. The topological polar surface area (TPSA) is 40.5 Å². The minimum absolute atomic E-state index is 0.505. The van der Waals surface area contributed by atoms with Crippen LogP contribution in [0.25, 0.3) is 0 Å². The van der Waals surface area contributed by atoms with Gasteiger partial charge in [0.05, 0.1) is 0 Å². The average molecular weight is 197 g/mol. The fraction of sp³-hybridized carbons (Fsp3) is 0.909. The minimum Gasteiger partial charge on any atom is -0.465 e. The second kappa shape index (κ2) is 3.44. The van der Waals surface area contributed by atoms with Crippen LogP contribution in [0.1, 0.15) is 39.0 Å². The van der Waals surface area contributed by atoms with Gasteiger partial charge in [-0.2, -0.15) is 0 Å². The Hall–Kier alpha value is -0.730.